The second kappa shape index (κ2) is 28.5. The molecular weight excluding hydrogens is 1090 g/mol. The maximum atomic E-state index is 10.8. The third-order valence-electron chi connectivity index (χ3n) is 15.0. The Morgan fingerprint density at radius 3 is 1.20 bits per heavy atom. The van der Waals surface area contributed by atoms with E-state index < -0.39 is 7.82 Å². The summed E-state index contributed by atoms with van der Waals surface area (Å²) >= 11 is 0. The Balaban J connectivity index is 0.000000150. The molecule has 15 nitrogen and oxygen atoms in total. The fourth-order valence-electron chi connectivity index (χ4n) is 11.1. The number of phosphoric acid groups is 1. The summed E-state index contributed by atoms with van der Waals surface area (Å²) in [5.74, 6) is 3.24. The van der Waals surface area contributed by atoms with Crippen molar-refractivity contribution < 1.29 is 92.2 Å². The fourth-order valence-corrected chi connectivity index (χ4v) is 11.4. The molecular formula is C66H61N8Na2O7P. The molecule has 1 N–H and O–H groups in total. The summed E-state index contributed by atoms with van der Waals surface area (Å²) < 4.78 is 31.0. The monoisotopic (exact) mass is 1150 g/mol. The quantitative estimate of drug-likeness (QED) is 0.0997. The van der Waals surface area contributed by atoms with Crippen LogP contribution in [-0.4, -0.2) is 66.6 Å². The van der Waals surface area contributed by atoms with Crippen molar-refractivity contribution in [1.29, 1.82) is 0 Å². The van der Waals surface area contributed by atoms with Crippen molar-refractivity contribution in [3.63, 3.8) is 0 Å². The number of nitrogens with one attached hydrogen (secondary N) is 1. The van der Waals surface area contributed by atoms with E-state index >= 15 is 0 Å². The molecule has 0 spiro atoms. The SMILES string of the molecule is COc1ccc(CN2CCc3cccc(-c4ccc(-c5nn[nH]n5)cc4)c32)cc1.COc1ccc(CN2CCc3cccc(-c4ccc(OP(=O)([O-])[O-])cc4)c32)cc1.COc1ccc(CN2CCc3cccc(-c4cccnc4)c32)cc1.[Na+].[Na+]. The smallest absolute Gasteiger partial charge is 0.780 e. The Kier molecular flexibility index (Phi) is 20.8. The number of hydrogen-bond donors (Lipinski definition) is 1. The van der Waals surface area contributed by atoms with E-state index in [2.05, 4.69) is 142 Å². The Labute approximate surface area is 534 Å². The van der Waals surface area contributed by atoms with Crippen molar-refractivity contribution in [1.82, 2.24) is 25.6 Å². The number of aromatic nitrogens is 5. The normalized spacial score (nSPS) is 12.7. The largest absolute Gasteiger partial charge is 1.00 e. The van der Waals surface area contributed by atoms with E-state index in [-0.39, 0.29) is 64.9 Å². The number of phosphoric ester groups is 1. The van der Waals surface area contributed by atoms with E-state index in [1.807, 2.05) is 79.1 Å². The summed E-state index contributed by atoms with van der Waals surface area (Å²) in [5.41, 5.74) is 19.6. The molecule has 84 heavy (non-hydrogen) atoms. The molecule has 10 aromatic rings. The molecule has 414 valence electrons. The minimum absolute atomic E-state index is 0. The molecule has 0 aliphatic carbocycles. The predicted molar refractivity (Wildman–Crippen MR) is 318 cm³/mol. The molecule has 2 aromatic heterocycles. The van der Waals surface area contributed by atoms with Crippen molar-refractivity contribution in [2.24, 2.45) is 0 Å². The van der Waals surface area contributed by atoms with E-state index in [0.717, 1.165) is 92.5 Å². The van der Waals surface area contributed by atoms with Gasteiger partial charge in [-0.15, -0.1) is 10.2 Å². The van der Waals surface area contributed by atoms with Gasteiger partial charge in [-0.05, 0) is 124 Å². The Hall–Kier alpha value is -7.27. The van der Waals surface area contributed by atoms with Crippen LogP contribution in [0.4, 0.5) is 17.1 Å². The number of pyridine rings is 1. The number of methoxy groups -OCH3 is 3. The Bertz CT molecular complexity index is 3790. The van der Waals surface area contributed by atoms with Gasteiger partial charge in [0.2, 0.25) is 5.82 Å². The van der Waals surface area contributed by atoms with Gasteiger partial charge in [0, 0.05) is 96.5 Å². The van der Waals surface area contributed by atoms with Crippen molar-refractivity contribution in [2.45, 2.75) is 38.9 Å². The number of tetrazole rings is 1. The van der Waals surface area contributed by atoms with Gasteiger partial charge in [0.15, 0.2) is 0 Å². The van der Waals surface area contributed by atoms with Crippen molar-refractivity contribution in [2.75, 3.05) is 55.7 Å². The summed E-state index contributed by atoms with van der Waals surface area (Å²) in [5, 5.41) is 14.2. The van der Waals surface area contributed by atoms with Gasteiger partial charge >= 0.3 is 59.1 Å². The molecule has 0 atom stereocenters. The molecule has 0 bridgehead atoms. The molecule has 0 amide bonds. The van der Waals surface area contributed by atoms with Gasteiger partial charge in [0.25, 0.3) is 0 Å². The third kappa shape index (κ3) is 14.8. The number of H-pyrrole nitrogens is 1. The summed E-state index contributed by atoms with van der Waals surface area (Å²) in [4.78, 5) is 33.2. The minimum Gasteiger partial charge on any atom is -0.780 e. The van der Waals surface area contributed by atoms with Gasteiger partial charge in [-0.1, -0.05) is 133 Å². The fraction of sp³-hybridized carbons (Fsp3) is 0.182. The first-order valence-corrected chi connectivity index (χ1v) is 28.6. The second-order valence-corrected chi connectivity index (χ2v) is 21.2. The van der Waals surface area contributed by atoms with Crippen LogP contribution >= 0.6 is 7.82 Å². The number of para-hydroxylation sites is 3. The van der Waals surface area contributed by atoms with Gasteiger partial charge in [0.05, 0.1) is 21.3 Å². The van der Waals surface area contributed by atoms with Crippen molar-refractivity contribution >= 4 is 24.9 Å². The maximum absolute atomic E-state index is 10.8. The van der Waals surface area contributed by atoms with Crippen LogP contribution in [0.3, 0.4) is 0 Å². The molecule has 13 rings (SSSR count). The van der Waals surface area contributed by atoms with Crippen LogP contribution in [0.1, 0.15) is 33.4 Å². The number of benzene rings is 8. The molecule has 3 aliphatic rings. The van der Waals surface area contributed by atoms with E-state index in [9.17, 15) is 14.4 Å². The molecule has 0 radical (unpaired) electrons. The van der Waals surface area contributed by atoms with Crippen LogP contribution in [-0.2, 0) is 43.5 Å². The molecule has 18 heteroatoms. The van der Waals surface area contributed by atoms with Crippen LogP contribution < -0.4 is 102 Å². The number of ether oxygens (including phenoxy) is 3. The van der Waals surface area contributed by atoms with Gasteiger partial charge in [-0.25, -0.2) is 0 Å². The minimum atomic E-state index is -5.06. The predicted octanol–water partition coefficient (Wildman–Crippen LogP) is 5.57. The number of rotatable bonds is 15. The van der Waals surface area contributed by atoms with Crippen molar-refractivity contribution in [3.8, 4) is 67.8 Å². The summed E-state index contributed by atoms with van der Waals surface area (Å²) in [6.45, 7) is 5.58. The summed E-state index contributed by atoms with van der Waals surface area (Å²) in [7, 11) is -0.00913. The first-order valence-electron chi connectivity index (χ1n) is 27.2. The van der Waals surface area contributed by atoms with E-state index in [1.54, 1.807) is 33.5 Å². The van der Waals surface area contributed by atoms with Crippen LogP contribution in [0.2, 0.25) is 0 Å². The summed E-state index contributed by atoms with van der Waals surface area (Å²) in [6, 6.07) is 63.1. The zero-order valence-electron chi connectivity index (χ0n) is 47.9. The van der Waals surface area contributed by atoms with Gasteiger partial charge < -0.3 is 47.8 Å². The van der Waals surface area contributed by atoms with Gasteiger partial charge in [0.1, 0.15) is 30.8 Å². The maximum Gasteiger partial charge on any atom is 1.00 e. The molecule has 0 fully saturated rings. The average Bonchev–Trinajstić information content (AvgIpc) is 4.46. The first-order chi connectivity index (χ1) is 40.1. The first kappa shape index (κ1) is 61.3. The number of nitrogens with zero attached hydrogens (tertiary/aromatic N) is 7. The van der Waals surface area contributed by atoms with E-state index in [1.165, 1.54) is 84.8 Å². The molecule has 5 heterocycles. The standard InChI is InChI=1S/C23H21N5O.C22H22NO5P.C21H20N2O.2Na/c1-29-20-11-5-16(6-12-20)15-28-14-13-18-3-2-4-21(22(18)28)17-7-9-19(10-8-17)23-24-26-27-25-23;1-27-19-9-5-16(6-10-19)15-23-14-13-18-3-2-4-21(22(18)23)17-7-11-20(12-8-17)28-29(24,25)26;1-24-19-9-7-16(8-10-19)15-23-13-11-17-4-2-6-20(21(17)23)18-5-3-12-22-14-18;;/h2-12H,13-15H2,1H3,(H,24,25,26,27);2-12H,13-15H2,1H3,(H2,24,25,26);2-10,12,14H,11,13,15H2,1H3;;/q;;;2*+1/p-2. The molecule has 0 saturated carbocycles. The Morgan fingerprint density at radius 1 is 0.464 bits per heavy atom. The molecule has 0 saturated heterocycles. The Morgan fingerprint density at radius 2 is 0.845 bits per heavy atom. The number of aromatic amines is 1. The molecule has 3 aliphatic heterocycles. The van der Waals surface area contributed by atoms with Crippen LogP contribution in [0.5, 0.6) is 23.0 Å². The zero-order chi connectivity index (χ0) is 56.4. The van der Waals surface area contributed by atoms with Crippen LogP contribution in [0.15, 0.2) is 200 Å². The average molecular weight is 1160 g/mol. The van der Waals surface area contributed by atoms with Crippen LogP contribution in [0.25, 0.3) is 44.8 Å². The second-order valence-electron chi connectivity index (χ2n) is 20.1. The topological polar surface area (TPSA) is 177 Å². The van der Waals surface area contributed by atoms with E-state index in [4.69, 9.17) is 14.2 Å². The number of hydrogen-bond acceptors (Lipinski definition) is 14. The van der Waals surface area contributed by atoms with Crippen LogP contribution in [0, 0.1) is 0 Å². The number of anilines is 3. The van der Waals surface area contributed by atoms with Gasteiger partial charge in [-0.3, -0.25) is 4.98 Å². The molecule has 8 aromatic carbocycles. The molecule has 0 unspecified atom stereocenters. The zero-order valence-corrected chi connectivity index (χ0v) is 52.7. The van der Waals surface area contributed by atoms with E-state index in [0.29, 0.717) is 5.82 Å². The van der Waals surface area contributed by atoms with Gasteiger partial charge in [-0.2, -0.15) is 5.21 Å². The van der Waals surface area contributed by atoms with Crippen molar-refractivity contribution in [3.05, 3.63) is 234 Å². The summed E-state index contributed by atoms with van der Waals surface area (Å²) in [6.07, 6.45) is 6.90. The number of fused-ring (bicyclic) bond motifs is 3. The third-order valence-corrected chi connectivity index (χ3v) is 15.4.